The largest absolute Gasteiger partial charge is 0.351 e. The molecule has 2 heterocycles. The Kier molecular flexibility index (Phi) is 6.13. The molecule has 1 aliphatic carbocycles. The van der Waals surface area contributed by atoms with Gasteiger partial charge in [0.2, 0.25) is 11.7 Å². The number of alkyl halides is 4. The van der Waals surface area contributed by atoms with Gasteiger partial charge in [0.1, 0.15) is 11.6 Å². The number of amides is 1. The van der Waals surface area contributed by atoms with E-state index in [9.17, 15) is 31.1 Å². The number of hydrogen-bond donors (Lipinski definition) is 1. The third kappa shape index (κ3) is 4.86. The van der Waals surface area contributed by atoms with Crippen LogP contribution in [-0.4, -0.2) is 22.0 Å². The maximum Gasteiger partial charge on any atom is 0.294 e. The molecule has 1 fully saturated rings. The molecular formula is C22H17F6N3O2. The van der Waals surface area contributed by atoms with Gasteiger partial charge >= 0.3 is 0 Å². The fourth-order valence-electron chi connectivity index (χ4n) is 3.83. The van der Waals surface area contributed by atoms with Crippen LogP contribution in [0.4, 0.5) is 32.0 Å². The number of hydrogen-bond acceptors (Lipinski definition) is 4. The molecule has 2 aromatic heterocycles. The summed E-state index contributed by atoms with van der Waals surface area (Å²) in [6, 6.07) is 4.83. The maximum absolute atomic E-state index is 14.6. The number of carbonyl (C=O) groups is 1. The molecule has 0 saturated heterocycles. The topological polar surface area (TPSA) is 68.0 Å². The zero-order chi connectivity index (χ0) is 23.8. The summed E-state index contributed by atoms with van der Waals surface area (Å²) in [5.74, 6) is -6.38. The Hall–Kier alpha value is -3.37. The highest BCUT2D eigenvalue weighted by Crippen LogP contribution is 2.44. The Bertz CT molecular complexity index is 1170. The van der Waals surface area contributed by atoms with Gasteiger partial charge in [0.25, 0.3) is 12.3 Å². The first-order chi connectivity index (χ1) is 15.6. The van der Waals surface area contributed by atoms with Crippen molar-refractivity contribution in [3.63, 3.8) is 0 Å². The summed E-state index contributed by atoms with van der Waals surface area (Å²) in [6.07, 6.45) is -2.35. The van der Waals surface area contributed by atoms with Gasteiger partial charge in [0.05, 0.1) is 11.4 Å². The molecular weight excluding hydrogens is 452 g/mol. The average molecular weight is 469 g/mol. The highest BCUT2D eigenvalue weighted by molar-refractivity contribution is 6.05. The van der Waals surface area contributed by atoms with E-state index in [1.54, 1.807) is 0 Å². The van der Waals surface area contributed by atoms with Gasteiger partial charge < -0.3 is 9.84 Å². The first-order valence-corrected chi connectivity index (χ1v) is 10.0. The molecule has 33 heavy (non-hydrogen) atoms. The molecule has 3 aromatic rings. The van der Waals surface area contributed by atoms with Crippen molar-refractivity contribution in [3.8, 4) is 11.1 Å². The second-order valence-corrected chi connectivity index (χ2v) is 7.74. The lowest BCUT2D eigenvalue weighted by molar-refractivity contribution is -0.0384. The fourth-order valence-corrected chi connectivity index (χ4v) is 3.83. The zero-order valence-corrected chi connectivity index (χ0v) is 16.9. The van der Waals surface area contributed by atoms with Crippen molar-refractivity contribution >= 4 is 11.6 Å². The van der Waals surface area contributed by atoms with Crippen LogP contribution >= 0.6 is 0 Å². The van der Waals surface area contributed by atoms with Crippen molar-refractivity contribution in [2.45, 2.75) is 43.9 Å². The molecule has 1 amide bonds. The number of nitrogens with one attached hydrogen (secondary N) is 1. The average Bonchev–Trinajstić information content (AvgIpc) is 3.27. The summed E-state index contributed by atoms with van der Waals surface area (Å²) < 4.78 is 86.0. The summed E-state index contributed by atoms with van der Waals surface area (Å²) >= 11 is 0. The molecule has 4 rings (SSSR count). The molecule has 0 unspecified atom stereocenters. The van der Waals surface area contributed by atoms with Crippen LogP contribution in [-0.2, 0) is 0 Å². The third-order valence-corrected chi connectivity index (χ3v) is 5.52. The van der Waals surface area contributed by atoms with Gasteiger partial charge in [-0.05, 0) is 37.1 Å². The maximum atomic E-state index is 14.6. The second kappa shape index (κ2) is 8.87. The molecule has 174 valence electrons. The first kappa shape index (κ1) is 22.8. The second-order valence-electron chi connectivity index (χ2n) is 7.74. The lowest BCUT2D eigenvalue weighted by Gasteiger charge is -2.29. The number of aromatic nitrogens is 2. The van der Waals surface area contributed by atoms with Crippen LogP contribution in [0.25, 0.3) is 11.1 Å². The van der Waals surface area contributed by atoms with Crippen molar-refractivity contribution in [2.24, 2.45) is 0 Å². The smallest absolute Gasteiger partial charge is 0.294 e. The van der Waals surface area contributed by atoms with E-state index in [-0.39, 0.29) is 35.3 Å². The fraction of sp³-hybridized carbons (Fsp3) is 0.318. The van der Waals surface area contributed by atoms with Crippen LogP contribution in [0.1, 0.15) is 60.0 Å². The predicted octanol–water partition coefficient (Wildman–Crippen LogP) is 6.50. The molecule has 1 saturated carbocycles. The molecule has 5 nitrogen and oxygen atoms in total. The molecule has 11 heteroatoms. The standard InChI is InChI=1S/C22H17F6N3O2/c23-12-1-2-15(24)14(9-12)13-5-8-29-18(11-3-6-22(27,28)7-4-11)19(13)30-21(32)17-10-16(20(25)26)31-33-17/h1-2,5,8-11,20H,3-4,6-7H2,(H,30,32). The van der Waals surface area contributed by atoms with Gasteiger partial charge in [-0.25, -0.2) is 26.3 Å². The normalized spacial score (nSPS) is 16.2. The van der Waals surface area contributed by atoms with Gasteiger partial charge in [-0.15, -0.1) is 0 Å². The van der Waals surface area contributed by atoms with Gasteiger partial charge in [-0.2, -0.15) is 0 Å². The van der Waals surface area contributed by atoms with E-state index in [0.29, 0.717) is 0 Å². The summed E-state index contributed by atoms with van der Waals surface area (Å²) in [5.41, 5.74) is -0.736. The molecule has 0 bridgehead atoms. The number of rotatable bonds is 5. The van der Waals surface area contributed by atoms with Crippen molar-refractivity contribution in [3.05, 3.63) is 65.3 Å². The summed E-state index contributed by atoms with van der Waals surface area (Å²) in [7, 11) is 0. The van der Waals surface area contributed by atoms with Crippen LogP contribution in [0.3, 0.4) is 0 Å². The predicted molar refractivity (Wildman–Crippen MR) is 105 cm³/mol. The molecule has 1 N–H and O–H groups in total. The Morgan fingerprint density at radius 1 is 1.09 bits per heavy atom. The SMILES string of the molecule is O=C(Nc1c(-c2cc(F)ccc2F)ccnc1C1CCC(F)(F)CC1)c1cc(C(F)F)no1. The Morgan fingerprint density at radius 2 is 1.82 bits per heavy atom. The highest BCUT2D eigenvalue weighted by Gasteiger charge is 2.37. The molecule has 1 aromatic carbocycles. The summed E-state index contributed by atoms with van der Waals surface area (Å²) in [5, 5.41) is 5.57. The van der Waals surface area contributed by atoms with E-state index < -0.39 is 60.1 Å². The van der Waals surface area contributed by atoms with Crippen LogP contribution in [0.5, 0.6) is 0 Å². The number of benzene rings is 1. The Labute approximate surface area is 183 Å². The highest BCUT2D eigenvalue weighted by atomic mass is 19.3. The Morgan fingerprint density at radius 3 is 2.48 bits per heavy atom. The van der Waals surface area contributed by atoms with Gasteiger partial charge in [-0.1, -0.05) is 5.16 Å². The van der Waals surface area contributed by atoms with Crippen LogP contribution < -0.4 is 5.32 Å². The quantitative estimate of drug-likeness (QED) is 0.434. The molecule has 0 spiro atoms. The zero-order valence-electron chi connectivity index (χ0n) is 16.9. The lowest BCUT2D eigenvalue weighted by Crippen LogP contribution is -2.25. The van der Waals surface area contributed by atoms with E-state index in [1.165, 1.54) is 12.3 Å². The van der Waals surface area contributed by atoms with Crippen LogP contribution in [0.2, 0.25) is 0 Å². The third-order valence-electron chi connectivity index (χ3n) is 5.52. The number of anilines is 1. The molecule has 0 atom stereocenters. The van der Waals surface area contributed by atoms with Crippen molar-refractivity contribution in [1.29, 1.82) is 0 Å². The van der Waals surface area contributed by atoms with E-state index in [4.69, 9.17) is 0 Å². The van der Waals surface area contributed by atoms with E-state index in [1.807, 2.05) is 0 Å². The van der Waals surface area contributed by atoms with Crippen molar-refractivity contribution in [2.75, 3.05) is 5.32 Å². The van der Waals surface area contributed by atoms with Crippen molar-refractivity contribution < 1.29 is 35.7 Å². The van der Waals surface area contributed by atoms with Crippen LogP contribution in [0.15, 0.2) is 41.1 Å². The number of nitrogens with zero attached hydrogens (tertiary/aromatic N) is 2. The summed E-state index contributed by atoms with van der Waals surface area (Å²) in [6.45, 7) is 0. The van der Waals surface area contributed by atoms with Crippen LogP contribution in [0, 0.1) is 11.6 Å². The Balaban J connectivity index is 1.77. The summed E-state index contributed by atoms with van der Waals surface area (Å²) in [4.78, 5) is 16.9. The number of halogens is 6. The molecule has 0 radical (unpaired) electrons. The van der Waals surface area contributed by atoms with E-state index in [2.05, 4.69) is 20.0 Å². The minimum Gasteiger partial charge on any atom is -0.351 e. The first-order valence-electron chi connectivity index (χ1n) is 10.0. The number of pyridine rings is 1. The minimum atomic E-state index is -2.97. The molecule has 0 aliphatic heterocycles. The molecule has 1 aliphatic rings. The van der Waals surface area contributed by atoms with E-state index >= 15 is 0 Å². The van der Waals surface area contributed by atoms with Gasteiger partial charge in [-0.3, -0.25) is 9.78 Å². The van der Waals surface area contributed by atoms with Gasteiger partial charge in [0, 0.05) is 42.1 Å². The van der Waals surface area contributed by atoms with Gasteiger partial charge in [0.15, 0.2) is 5.69 Å². The minimum absolute atomic E-state index is 0.0442. The monoisotopic (exact) mass is 469 g/mol. The lowest BCUT2D eigenvalue weighted by atomic mass is 9.83. The van der Waals surface area contributed by atoms with E-state index in [0.717, 1.165) is 24.3 Å². The van der Waals surface area contributed by atoms with Crippen molar-refractivity contribution in [1.82, 2.24) is 10.1 Å². The number of carbonyl (C=O) groups excluding carboxylic acids is 1.